The van der Waals surface area contributed by atoms with Crippen LogP contribution in [0.1, 0.15) is 77.6 Å². The van der Waals surface area contributed by atoms with Crippen molar-refractivity contribution in [2.75, 3.05) is 20.8 Å². The summed E-state index contributed by atoms with van der Waals surface area (Å²) in [5.74, 6) is 2.25. The largest absolute Gasteiger partial charge is 0.507 e. The van der Waals surface area contributed by atoms with Crippen LogP contribution >= 0.6 is 0 Å². The maximum absolute atomic E-state index is 11.5. The van der Waals surface area contributed by atoms with E-state index >= 15 is 0 Å². The Morgan fingerprint density at radius 3 is 1.58 bits per heavy atom. The van der Waals surface area contributed by atoms with Crippen molar-refractivity contribution in [2.24, 2.45) is 0 Å². The molecule has 0 saturated carbocycles. The Hall–Kier alpha value is -2.93. The van der Waals surface area contributed by atoms with Gasteiger partial charge in [-0.1, -0.05) is 0 Å². The minimum Gasteiger partial charge on any atom is -0.507 e. The number of hydrogen-bond acceptors (Lipinski definition) is 7. The minimum absolute atomic E-state index is 0.237. The number of hydrogen-bond donors (Lipinski definition) is 2. The topological polar surface area (TPSA) is 94.5 Å². The van der Waals surface area contributed by atoms with Gasteiger partial charge in [-0.15, -0.1) is 0 Å². The molecule has 0 fully saturated rings. The summed E-state index contributed by atoms with van der Waals surface area (Å²) >= 11 is 0. The van der Waals surface area contributed by atoms with Gasteiger partial charge in [-0.25, -0.2) is 0 Å². The number of methoxy groups -OCH3 is 2. The molecule has 0 radical (unpaired) electrons. The molecule has 7 nitrogen and oxygen atoms in total. The third-order valence-electron chi connectivity index (χ3n) is 8.38. The fraction of sp³-hybridized carbons (Fsp3) is 0.581. The molecule has 7 heteroatoms. The van der Waals surface area contributed by atoms with Crippen molar-refractivity contribution >= 4 is 5.97 Å². The molecule has 0 bridgehead atoms. The highest BCUT2D eigenvalue weighted by molar-refractivity contribution is 5.71. The molecule has 2 aliphatic rings. The normalized spacial score (nSPS) is 21.7. The molecule has 2 aliphatic heterocycles. The number of carbonyl (C=O) groups excluding carboxylic acids is 1. The highest BCUT2D eigenvalue weighted by atomic mass is 16.5. The fourth-order valence-corrected chi connectivity index (χ4v) is 5.50. The molecule has 2 aromatic carbocycles. The third kappa shape index (κ3) is 5.58. The summed E-state index contributed by atoms with van der Waals surface area (Å²) in [5.41, 5.74) is 6.95. The first-order chi connectivity index (χ1) is 17.7. The quantitative estimate of drug-likeness (QED) is 0.469. The predicted octanol–water partition coefficient (Wildman–Crippen LogP) is 6.01. The zero-order valence-electron chi connectivity index (χ0n) is 24.7. The van der Waals surface area contributed by atoms with Gasteiger partial charge in [-0.2, -0.15) is 0 Å². The molecule has 0 aromatic heterocycles. The lowest BCUT2D eigenvalue weighted by Crippen LogP contribution is -2.41. The molecule has 2 aromatic rings. The van der Waals surface area contributed by atoms with Crippen molar-refractivity contribution in [2.45, 2.75) is 98.7 Å². The molecule has 4 rings (SSSR count). The van der Waals surface area contributed by atoms with Crippen LogP contribution in [0, 0.1) is 41.5 Å². The summed E-state index contributed by atoms with van der Waals surface area (Å²) < 4.78 is 22.3. The molecular formula is C31H44O7. The average molecular weight is 529 g/mol. The number of ether oxygens (including phenoxy) is 4. The Bertz CT molecular complexity index is 1230. The molecule has 0 amide bonds. The third-order valence-corrected chi connectivity index (χ3v) is 8.38. The van der Waals surface area contributed by atoms with Gasteiger partial charge >= 0.3 is 5.97 Å². The van der Waals surface area contributed by atoms with Crippen molar-refractivity contribution in [3.63, 3.8) is 0 Å². The number of rotatable bonds is 4. The summed E-state index contributed by atoms with van der Waals surface area (Å²) in [6.45, 7) is 16.2. The first kappa shape index (κ1) is 29.6. The van der Waals surface area contributed by atoms with Crippen molar-refractivity contribution in [3.8, 4) is 23.0 Å². The van der Waals surface area contributed by atoms with E-state index in [4.69, 9.17) is 18.9 Å². The van der Waals surface area contributed by atoms with Gasteiger partial charge in [0.15, 0.2) is 0 Å². The molecule has 0 aliphatic carbocycles. The lowest BCUT2D eigenvalue weighted by molar-refractivity contribution is -0.145. The van der Waals surface area contributed by atoms with E-state index in [1.807, 2.05) is 48.5 Å². The van der Waals surface area contributed by atoms with Crippen LogP contribution < -0.4 is 9.47 Å². The van der Waals surface area contributed by atoms with Crippen LogP contribution in [0.25, 0.3) is 0 Å². The van der Waals surface area contributed by atoms with Crippen molar-refractivity contribution in [1.82, 2.24) is 0 Å². The van der Waals surface area contributed by atoms with Crippen LogP contribution in [0.4, 0.5) is 0 Å². The van der Waals surface area contributed by atoms with Crippen LogP contribution in [-0.2, 0) is 27.1 Å². The zero-order chi connectivity index (χ0) is 28.6. The molecular weight excluding hydrogens is 484 g/mol. The van der Waals surface area contributed by atoms with Crippen LogP contribution in [-0.4, -0.2) is 48.2 Å². The highest BCUT2D eigenvalue weighted by Gasteiger charge is 2.37. The van der Waals surface area contributed by atoms with E-state index in [0.717, 1.165) is 81.7 Å². The van der Waals surface area contributed by atoms with Gasteiger partial charge in [0.2, 0.25) is 0 Å². The van der Waals surface area contributed by atoms with Gasteiger partial charge in [0.25, 0.3) is 0 Å². The van der Waals surface area contributed by atoms with Gasteiger partial charge in [-0.3, -0.25) is 4.79 Å². The number of phenolic OH excluding ortho intramolecular Hbond substituents is 2. The van der Waals surface area contributed by atoms with E-state index in [2.05, 4.69) is 6.92 Å². The Labute approximate surface area is 227 Å². The molecule has 2 heterocycles. The Morgan fingerprint density at radius 2 is 1.16 bits per heavy atom. The van der Waals surface area contributed by atoms with Crippen LogP contribution in [0.5, 0.6) is 23.0 Å². The van der Waals surface area contributed by atoms with Gasteiger partial charge < -0.3 is 29.2 Å². The Kier molecular flexibility index (Phi) is 8.61. The van der Waals surface area contributed by atoms with Crippen molar-refractivity contribution in [3.05, 3.63) is 44.5 Å². The van der Waals surface area contributed by atoms with Crippen molar-refractivity contribution < 1.29 is 34.0 Å². The number of carbonyl (C=O) groups is 1. The summed E-state index contributed by atoms with van der Waals surface area (Å²) in [4.78, 5) is 11.5. The van der Waals surface area contributed by atoms with E-state index in [1.165, 1.54) is 7.11 Å². The monoisotopic (exact) mass is 528 g/mol. The lowest BCUT2D eigenvalue weighted by atomic mass is 9.85. The fourth-order valence-electron chi connectivity index (χ4n) is 5.50. The minimum atomic E-state index is -0.541. The second-order valence-corrected chi connectivity index (χ2v) is 11.4. The second kappa shape index (κ2) is 11.0. The van der Waals surface area contributed by atoms with Crippen LogP contribution in [0.3, 0.4) is 0 Å². The molecule has 210 valence electrons. The van der Waals surface area contributed by atoms with E-state index in [9.17, 15) is 15.0 Å². The van der Waals surface area contributed by atoms with Gasteiger partial charge in [0.1, 0.15) is 34.2 Å². The lowest BCUT2D eigenvalue weighted by Gasteiger charge is -2.37. The molecule has 2 unspecified atom stereocenters. The van der Waals surface area contributed by atoms with E-state index in [0.29, 0.717) is 18.1 Å². The Morgan fingerprint density at radius 1 is 0.737 bits per heavy atom. The molecule has 2 atom stereocenters. The first-order valence-corrected chi connectivity index (χ1v) is 13.3. The second-order valence-electron chi connectivity index (χ2n) is 11.4. The molecule has 0 spiro atoms. The maximum atomic E-state index is 11.5. The van der Waals surface area contributed by atoms with E-state index in [1.54, 1.807) is 7.11 Å². The summed E-state index contributed by atoms with van der Waals surface area (Å²) in [5, 5.41) is 20.2. The SMILES string of the molecule is COC(=O)CC1(C)CCc2c(C)c(O)c(C)c(C)c2O1.COCC1(C)CCc2c(C)c(O)c(C)c(C)c2O1. The molecule has 2 N–H and O–H groups in total. The first-order valence-electron chi connectivity index (χ1n) is 13.3. The van der Waals surface area contributed by atoms with Gasteiger partial charge in [0.05, 0.1) is 20.1 Å². The summed E-state index contributed by atoms with van der Waals surface area (Å²) in [6, 6.07) is 0. The Balaban J connectivity index is 0.000000212. The van der Waals surface area contributed by atoms with Crippen LogP contribution in [0.15, 0.2) is 0 Å². The highest BCUT2D eigenvalue weighted by Crippen LogP contribution is 2.45. The van der Waals surface area contributed by atoms with E-state index in [-0.39, 0.29) is 18.0 Å². The number of aromatic hydroxyl groups is 2. The summed E-state index contributed by atoms with van der Waals surface area (Å²) in [7, 11) is 3.09. The smallest absolute Gasteiger partial charge is 0.309 e. The maximum Gasteiger partial charge on any atom is 0.309 e. The number of phenols is 2. The predicted molar refractivity (Wildman–Crippen MR) is 148 cm³/mol. The van der Waals surface area contributed by atoms with Gasteiger partial charge in [0, 0.05) is 18.2 Å². The van der Waals surface area contributed by atoms with Crippen molar-refractivity contribution in [1.29, 1.82) is 0 Å². The summed E-state index contributed by atoms with van der Waals surface area (Å²) in [6.07, 6.45) is 3.61. The van der Waals surface area contributed by atoms with Gasteiger partial charge in [-0.05, 0) is 114 Å². The number of fused-ring (bicyclic) bond motifs is 2. The molecule has 0 saturated heterocycles. The number of esters is 1. The average Bonchev–Trinajstić information content (AvgIpc) is 2.88. The zero-order valence-corrected chi connectivity index (χ0v) is 24.7. The van der Waals surface area contributed by atoms with Crippen LogP contribution in [0.2, 0.25) is 0 Å². The standard InChI is InChI=1S/C16H22O4.C15H22O3/c1-9-10(2)15-12(11(3)14(9)18)6-7-16(4,20-15)8-13(17)19-5;1-9-10(2)14-12(11(3)13(9)16)6-7-15(4,18-14)8-17-5/h18H,6-8H2,1-5H3;16H,6-8H2,1-5H3. The van der Waals surface area contributed by atoms with E-state index < -0.39 is 5.60 Å². The molecule has 38 heavy (non-hydrogen) atoms. The number of benzene rings is 2.